The first-order valence-electron chi connectivity index (χ1n) is 9.95. The molecule has 2 heterocycles. The number of nitrogens with zero attached hydrogens (tertiary/aromatic N) is 4. The summed E-state index contributed by atoms with van der Waals surface area (Å²) >= 11 is 0. The minimum atomic E-state index is -3.66. The van der Waals surface area contributed by atoms with Crippen LogP contribution >= 0.6 is 0 Å². The monoisotopic (exact) mass is 414 g/mol. The molecule has 1 aromatic rings. The van der Waals surface area contributed by atoms with E-state index in [4.69, 9.17) is 4.52 Å². The zero-order valence-corrected chi connectivity index (χ0v) is 18.8. The number of aromatic nitrogens is 1. The number of hydrogen-bond donors (Lipinski definition) is 0. The summed E-state index contributed by atoms with van der Waals surface area (Å²) in [5, 5.41) is 3.75. The summed E-state index contributed by atoms with van der Waals surface area (Å²) in [6.07, 6.45) is 0. The first-order chi connectivity index (χ1) is 13.0. The predicted molar refractivity (Wildman–Crippen MR) is 107 cm³/mol. The van der Waals surface area contributed by atoms with Gasteiger partial charge in [-0.25, -0.2) is 8.42 Å². The Bertz CT molecular complexity index is 735. The van der Waals surface area contributed by atoms with E-state index in [2.05, 4.69) is 37.8 Å². The van der Waals surface area contributed by atoms with Gasteiger partial charge in [0.05, 0.1) is 6.54 Å². The molecule has 1 fully saturated rings. The lowest BCUT2D eigenvalue weighted by Gasteiger charge is -2.35. The largest absolute Gasteiger partial charge is 0.360 e. The van der Waals surface area contributed by atoms with E-state index in [1.54, 1.807) is 18.7 Å². The second-order valence-corrected chi connectivity index (χ2v) is 10.3. The van der Waals surface area contributed by atoms with Crippen LogP contribution in [0.4, 0.5) is 0 Å². The maximum absolute atomic E-state index is 12.9. The second kappa shape index (κ2) is 9.37. The Kier molecular flexibility index (Phi) is 7.64. The zero-order chi connectivity index (χ0) is 21.1. The Morgan fingerprint density at radius 1 is 1.07 bits per heavy atom. The van der Waals surface area contributed by atoms with Gasteiger partial charge in [-0.1, -0.05) is 32.9 Å². The number of rotatable bonds is 8. The normalized spacial score (nSPS) is 16.5. The molecule has 1 aromatic heterocycles. The molecular formula is C19H34N4O4S. The van der Waals surface area contributed by atoms with Crippen LogP contribution in [0.1, 0.15) is 39.1 Å². The summed E-state index contributed by atoms with van der Waals surface area (Å²) in [5.74, 6) is 1.34. The van der Waals surface area contributed by atoms with Gasteiger partial charge in [-0.15, -0.1) is 0 Å². The quantitative estimate of drug-likeness (QED) is 0.644. The number of piperazine rings is 1. The maximum atomic E-state index is 12.9. The van der Waals surface area contributed by atoms with Gasteiger partial charge in [-0.2, -0.15) is 4.31 Å². The van der Waals surface area contributed by atoms with Crippen molar-refractivity contribution in [1.82, 2.24) is 19.3 Å². The van der Waals surface area contributed by atoms with E-state index < -0.39 is 10.0 Å². The van der Waals surface area contributed by atoms with Gasteiger partial charge in [0.25, 0.3) is 0 Å². The van der Waals surface area contributed by atoms with Gasteiger partial charge >= 0.3 is 0 Å². The fraction of sp³-hybridized carbons (Fsp3) is 0.789. The van der Waals surface area contributed by atoms with Gasteiger partial charge < -0.3 is 9.42 Å². The molecule has 0 radical (unpaired) electrons. The summed E-state index contributed by atoms with van der Waals surface area (Å²) < 4.78 is 32.2. The lowest BCUT2D eigenvalue weighted by Crippen LogP contribution is -2.53. The molecule has 0 aliphatic carbocycles. The van der Waals surface area contributed by atoms with Crippen LogP contribution in [0.5, 0.6) is 0 Å². The van der Waals surface area contributed by atoms with Crippen LogP contribution in [0.15, 0.2) is 9.42 Å². The Balaban J connectivity index is 1.98. The summed E-state index contributed by atoms with van der Waals surface area (Å²) in [6.45, 7) is 15.3. The standard InChI is InChI=1S/C19H34N4O4S/c1-14(2)11-21(12-15(3)4)13-18(24)22-7-9-23(10-8-22)28(25,26)19-16(5)20-27-17(19)6/h14-15H,7-13H2,1-6H3. The summed E-state index contributed by atoms with van der Waals surface area (Å²) in [6, 6.07) is 0. The highest BCUT2D eigenvalue weighted by Gasteiger charge is 2.34. The van der Waals surface area contributed by atoms with Gasteiger partial charge in [-0.05, 0) is 25.7 Å². The Morgan fingerprint density at radius 2 is 1.61 bits per heavy atom. The van der Waals surface area contributed by atoms with Crippen molar-refractivity contribution in [3.05, 3.63) is 11.5 Å². The van der Waals surface area contributed by atoms with Crippen LogP contribution in [-0.4, -0.2) is 79.4 Å². The SMILES string of the molecule is Cc1noc(C)c1S(=O)(=O)N1CCN(C(=O)CN(CC(C)C)CC(C)C)CC1. The van der Waals surface area contributed by atoms with E-state index in [0.29, 0.717) is 42.9 Å². The van der Waals surface area contributed by atoms with Crippen molar-refractivity contribution < 1.29 is 17.7 Å². The van der Waals surface area contributed by atoms with E-state index in [1.165, 1.54) is 4.31 Å². The molecular weight excluding hydrogens is 380 g/mol. The molecule has 1 aliphatic rings. The zero-order valence-electron chi connectivity index (χ0n) is 17.9. The first-order valence-corrected chi connectivity index (χ1v) is 11.4. The molecule has 0 unspecified atom stereocenters. The number of carbonyl (C=O) groups excluding carboxylic acids is 1. The van der Waals surface area contributed by atoms with Gasteiger partial charge in [0.15, 0.2) is 5.76 Å². The fourth-order valence-corrected chi connectivity index (χ4v) is 5.39. The van der Waals surface area contributed by atoms with E-state index >= 15 is 0 Å². The smallest absolute Gasteiger partial charge is 0.248 e. The molecule has 0 spiro atoms. The van der Waals surface area contributed by atoms with E-state index in [9.17, 15) is 13.2 Å². The minimum absolute atomic E-state index is 0.0655. The van der Waals surface area contributed by atoms with Crippen molar-refractivity contribution in [3.8, 4) is 0 Å². The summed E-state index contributed by atoms with van der Waals surface area (Å²) in [4.78, 5) is 16.9. The average Bonchev–Trinajstić information content (AvgIpc) is 2.93. The van der Waals surface area contributed by atoms with Crippen molar-refractivity contribution in [3.63, 3.8) is 0 Å². The molecule has 0 atom stereocenters. The third-order valence-corrected chi connectivity index (χ3v) is 6.91. The molecule has 1 saturated heterocycles. The fourth-order valence-electron chi connectivity index (χ4n) is 3.68. The molecule has 160 valence electrons. The highest BCUT2D eigenvalue weighted by Crippen LogP contribution is 2.24. The van der Waals surface area contributed by atoms with Crippen LogP contribution in [0.3, 0.4) is 0 Å². The number of sulfonamides is 1. The topological polar surface area (TPSA) is 87.0 Å². The minimum Gasteiger partial charge on any atom is -0.360 e. The Hall–Kier alpha value is -1.45. The van der Waals surface area contributed by atoms with Crippen molar-refractivity contribution in [2.45, 2.75) is 46.4 Å². The van der Waals surface area contributed by atoms with Crippen molar-refractivity contribution in [1.29, 1.82) is 0 Å². The van der Waals surface area contributed by atoms with Crippen LogP contribution < -0.4 is 0 Å². The van der Waals surface area contributed by atoms with Crippen LogP contribution in [0.25, 0.3) is 0 Å². The number of hydrogen-bond acceptors (Lipinski definition) is 6. The molecule has 0 saturated carbocycles. The third kappa shape index (κ3) is 5.55. The van der Waals surface area contributed by atoms with E-state index in [1.807, 2.05) is 0 Å². The third-order valence-electron chi connectivity index (χ3n) is 4.76. The van der Waals surface area contributed by atoms with Crippen molar-refractivity contribution >= 4 is 15.9 Å². The first kappa shape index (κ1) is 22.8. The molecule has 8 nitrogen and oxygen atoms in total. The molecule has 0 bridgehead atoms. The molecule has 0 N–H and O–H groups in total. The maximum Gasteiger partial charge on any atom is 0.248 e. The van der Waals surface area contributed by atoms with E-state index in [0.717, 1.165) is 13.1 Å². The highest BCUT2D eigenvalue weighted by molar-refractivity contribution is 7.89. The lowest BCUT2D eigenvalue weighted by atomic mass is 10.1. The van der Waals surface area contributed by atoms with E-state index in [-0.39, 0.29) is 23.9 Å². The molecule has 28 heavy (non-hydrogen) atoms. The molecule has 9 heteroatoms. The lowest BCUT2D eigenvalue weighted by molar-refractivity contribution is -0.133. The number of amides is 1. The number of aryl methyl sites for hydroxylation is 2. The molecule has 1 aliphatic heterocycles. The number of carbonyl (C=O) groups is 1. The molecule has 2 rings (SSSR count). The molecule has 1 amide bonds. The Labute approximate surface area is 168 Å². The second-order valence-electron chi connectivity index (χ2n) is 8.42. The highest BCUT2D eigenvalue weighted by atomic mass is 32.2. The Morgan fingerprint density at radius 3 is 2.04 bits per heavy atom. The van der Waals surface area contributed by atoms with Gasteiger partial charge in [0, 0.05) is 39.3 Å². The van der Waals surface area contributed by atoms with Crippen LogP contribution in [-0.2, 0) is 14.8 Å². The summed E-state index contributed by atoms with van der Waals surface area (Å²) in [5.41, 5.74) is 0.369. The van der Waals surface area contributed by atoms with Crippen LogP contribution in [0, 0.1) is 25.7 Å². The van der Waals surface area contributed by atoms with Crippen molar-refractivity contribution in [2.24, 2.45) is 11.8 Å². The van der Waals surface area contributed by atoms with Crippen molar-refractivity contribution in [2.75, 3.05) is 45.8 Å². The predicted octanol–water partition coefficient (Wildman–Crippen LogP) is 1.74. The van der Waals surface area contributed by atoms with Crippen LogP contribution in [0.2, 0.25) is 0 Å². The van der Waals surface area contributed by atoms with Gasteiger partial charge in [-0.3, -0.25) is 9.69 Å². The molecule has 0 aromatic carbocycles. The average molecular weight is 415 g/mol. The van der Waals surface area contributed by atoms with Gasteiger partial charge in [0.1, 0.15) is 10.6 Å². The van der Waals surface area contributed by atoms with Gasteiger partial charge in [0.2, 0.25) is 15.9 Å². The summed E-state index contributed by atoms with van der Waals surface area (Å²) in [7, 11) is -3.66.